The Morgan fingerprint density at radius 3 is 2.04 bits per heavy atom. The van der Waals surface area contributed by atoms with Crippen LogP contribution in [-0.2, 0) is 0 Å². The van der Waals surface area contributed by atoms with Gasteiger partial charge in [0.25, 0.3) is 0 Å². The summed E-state index contributed by atoms with van der Waals surface area (Å²) < 4.78 is 39.6. The second-order valence-corrected chi connectivity index (χ2v) is 6.99. The minimum absolute atomic E-state index is 0. The summed E-state index contributed by atoms with van der Waals surface area (Å²) in [6, 6.07) is 5.51. The van der Waals surface area contributed by atoms with Gasteiger partial charge >= 0.3 is 6.18 Å². The van der Waals surface area contributed by atoms with Crippen LogP contribution in [0.3, 0.4) is 0 Å². The molecule has 1 N–H and O–H groups in total. The summed E-state index contributed by atoms with van der Waals surface area (Å²) in [5, 5.41) is 3.23. The molecule has 1 fully saturated rings. The highest BCUT2D eigenvalue weighted by molar-refractivity contribution is 9.11. The predicted octanol–water partition coefficient (Wildman–Crippen LogP) is 5.34. The van der Waals surface area contributed by atoms with Gasteiger partial charge in [0.1, 0.15) is 0 Å². The minimum Gasteiger partial charge on any atom is -0.314 e. The van der Waals surface area contributed by atoms with Gasteiger partial charge in [-0.25, -0.2) is 0 Å². The second kappa shape index (κ2) is 10.5. The van der Waals surface area contributed by atoms with E-state index in [2.05, 4.69) is 42.1 Å². The van der Waals surface area contributed by atoms with Gasteiger partial charge in [0.2, 0.25) is 0 Å². The fourth-order valence-electron chi connectivity index (χ4n) is 2.62. The molecule has 1 aliphatic heterocycles. The number of hydrogen-bond acceptors (Lipinski definition) is 2. The molecule has 23 heavy (non-hydrogen) atoms. The van der Waals surface area contributed by atoms with Crippen LogP contribution in [0.2, 0.25) is 0 Å². The first-order valence-corrected chi connectivity index (χ1v) is 8.41. The number of nitrogens with zero attached hydrogens (tertiary/aromatic N) is 1. The van der Waals surface area contributed by atoms with Crippen molar-refractivity contribution < 1.29 is 13.2 Å². The maximum absolute atomic E-state index is 12.6. The molecule has 1 aromatic carbocycles. The Bertz CT molecular complexity index is 463. The summed E-state index contributed by atoms with van der Waals surface area (Å²) in [5.74, 6) is 0. The van der Waals surface area contributed by atoms with Gasteiger partial charge in [0, 0.05) is 47.6 Å². The second-order valence-electron chi connectivity index (χ2n) is 5.16. The SMILES string of the molecule is Cl.Cl.FC(F)(F)CC[C@H](c1cc(Br)cc(Br)c1)N1CCNCC1. The van der Waals surface area contributed by atoms with Gasteiger partial charge < -0.3 is 5.32 Å². The van der Waals surface area contributed by atoms with Crippen molar-refractivity contribution in [1.82, 2.24) is 10.2 Å². The molecule has 0 aromatic heterocycles. The molecule has 0 unspecified atom stereocenters. The first-order valence-electron chi connectivity index (χ1n) is 6.83. The highest BCUT2D eigenvalue weighted by Gasteiger charge is 2.31. The van der Waals surface area contributed by atoms with Gasteiger partial charge in [-0.15, -0.1) is 24.8 Å². The van der Waals surface area contributed by atoms with Gasteiger partial charge in [-0.2, -0.15) is 13.2 Å². The number of hydrogen-bond donors (Lipinski definition) is 1. The third-order valence-corrected chi connectivity index (χ3v) is 4.48. The monoisotopic (exact) mass is 500 g/mol. The first kappa shape index (κ1) is 23.5. The standard InChI is InChI=1S/C14H17Br2F3N2.2ClH/c15-11-7-10(8-12(16)9-11)13(1-2-14(17,18)19)21-5-3-20-4-6-21;;/h7-9,13,20H,1-6H2;2*1H/t13-;;/m1../s1. The van der Waals surface area contributed by atoms with E-state index in [1.54, 1.807) is 0 Å². The molecule has 2 rings (SSSR count). The fraction of sp³-hybridized carbons (Fsp3) is 0.571. The Morgan fingerprint density at radius 1 is 1.04 bits per heavy atom. The maximum atomic E-state index is 12.6. The van der Waals surface area contributed by atoms with Crippen LogP contribution in [-0.4, -0.2) is 37.3 Å². The van der Waals surface area contributed by atoms with Crippen molar-refractivity contribution in [3.63, 3.8) is 0 Å². The first-order chi connectivity index (χ1) is 9.85. The molecule has 1 saturated heterocycles. The van der Waals surface area contributed by atoms with E-state index < -0.39 is 12.6 Å². The Morgan fingerprint density at radius 2 is 1.57 bits per heavy atom. The molecule has 1 heterocycles. The van der Waals surface area contributed by atoms with E-state index in [-0.39, 0.29) is 37.3 Å². The molecule has 9 heteroatoms. The Kier molecular flexibility index (Phi) is 10.7. The van der Waals surface area contributed by atoms with Gasteiger partial charge in [0.15, 0.2) is 0 Å². The van der Waals surface area contributed by atoms with Crippen molar-refractivity contribution in [2.45, 2.75) is 25.1 Å². The van der Waals surface area contributed by atoms with Crippen LogP contribution >= 0.6 is 56.7 Å². The number of alkyl halides is 3. The number of nitrogens with one attached hydrogen (secondary N) is 1. The molecule has 1 aromatic rings. The largest absolute Gasteiger partial charge is 0.389 e. The zero-order valence-corrected chi connectivity index (χ0v) is 17.0. The molecular weight excluding hydrogens is 484 g/mol. The lowest BCUT2D eigenvalue weighted by Gasteiger charge is -2.35. The average molecular weight is 503 g/mol. The third kappa shape index (κ3) is 7.92. The van der Waals surface area contributed by atoms with Crippen LogP contribution in [0.5, 0.6) is 0 Å². The Labute approximate surface area is 163 Å². The molecule has 0 saturated carbocycles. The molecule has 1 aliphatic rings. The van der Waals surface area contributed by atoms with E-state index >= 15 is 0 Å². The van der Waals surface area contributed by atoms with Crippen LogP contribution in [0.4, 0.5) is 13.2 Å². The van der Waals surface area contributed by atoms with E-state index in [1.807, 2.05) is 18.2 Å². The van der Waals surface area contributed by atoms with Crippen molar-refractivity contribution in [3.8, 4) is 0 Å². The Hall–Kier alpha value is 0.470. The van der Waals surface area contributed by atoms with E-state index in [0.717, 1.165) is 40.7 Å². The molecule has 0 bridgehead atoms. The highest BCUT2D eigenvalue weighted by Crippen LogP contribution is 2.34. The number of benzene rings is 1. The summed E-state index contributed by atoms with van der Waals surface area (Å²) in [7, 11) is 0. The third-order valence-electron chi connectivity index (χ3n) is 3.56. The number of piperazine rings is 1. The molecule has 0 amide bonds. The summed E-state index contributed by atoms with van der Waals surface area (Å²) in [5.41, 5.74) is 0.919. The zero-order valence-electron chi connectivity index (χ0n) is 12.2. The molecule has 0 spiro atoms. The molecule has 2 nitrogen and oxygen atoms in total. The van der Waals surface area contributed by atoms with Crippen LogP contribution in [0, 0.1) is 0 Å². The summed E-state index contributed by atoms with van der Waals surface area (Å²) in [6.45, 7) is 3.18. The van der Waals surface area contributed by atoms with Gasteiger partial charge in [-0.3, -0.25) is 4.90 Å². The topological polar surface area (TPSA) is 15.3 Å². The van der Waals surface area contributed by atoms with E-state index in [9.17, 15) is 13.2 Å². The number of rotatable bonds is 4. The quantitative estimate of drug-likeness (QED) is 0.597. The van der Waals surface area contributed by atoms with Gasteiger partial charge in [0.05, 0.1) is 0 Å². The van der Waals surface area contributed by atoms with Gasteiger partial charge in [-0.1, -0.05) is 31.9 Å². The van der Waals surface area contributed by atoms with Crippen molar-refractivity contribution in [2.24, 2.45) is 0 Å². The molecule has 134 valence electrons. The van der Waals surface area contributed by atoms with Crippen LogP contribution in [0.25, 0.3) is 0 Å². The summed E-state index contributed by atoms with van der Waals surface area (Å²) in [4.78, 5) is 2.14. The Balaban J connectivity index is 0.00000242. The molecule has 1 atom stereocenters. The zero-order chi connectivity index (χ0) is 15.5. The van der Waals surface area contributed by atoms with E-state index in [0.29, 0.717) is 0 Å². The maximum Gasteiger partial charge on any atom is 0.389 e. The van der Waals surface area contributed by atoms with Gasteiger partial charge in [-0.05, 0) is 30.2 Å². The normalized spacial score (nSPS) is 17.1. The lowest BCUT2D eigenvalue weighted by molar-refractivity contribution is -0.138. The van der Waals surface area contributed by atoms with Crippen LogP contribution < -0.4 is 5.32 Å². The highest BCUT2D eigenvalue weighted by atomic mass is 79.9. The van der Waals surface area contributed by atoms with Crippen molar-refractivity contribution in [1.29, 1.82) is 0 Å². The van der Waals surface area contributed by atoms with Crippen LogP contribution in [0.1, 0.15) is 24.4 Å². The predicted molar refractivity (Wildman–Crippen MR) is 98.8 cm³/mol. The van der Waals surface area contributed by atoms with Crippen molar-refractivity contribution in [3.05, 3.63) is 32.7 Å². The minimum atomic E-state index is -4.12. The molecular formula is C14H19Br2Cl2F3N2. The average Bonchev–Trinajstić information content (AvgIpc) is 2.37. The molecule has 0 radical (unpaired) electrons. The fourth-order valence-corrected chi connectivity index (χ4v) is 3.95. The number of halogens is 7. The van der Waals surface area contributed by atoms with E-state index in [4.69, 9.17) is 0 Å². The van der Waals surface area contributed by atoms with Crippen molar-refractivity contribution in [2.75, 3.05) is 26.2 Å². The summed E-state index contributed by atoms with van der Waals surface area (Å²) in [6.07, 6.45) is -4.78. The van der Waals surface area contributed by atoms with E-state index in [1.165, 1.54) is 0 Å². The van der Waals surface area contributed by atoms with Crippen LogP contribution in [0.15, 0.2) is 27.1 Å². The summed E-state index contributed by atoms with van der Waals surface area (Å²) >= 11 is 6.83. The lowest BCUT2D eigenvalue weighted by Crippen LogP contribution is -2.45. The van der Waals surface area contributed by atoms with Crippen molar-refractivity contribution >= 4 is 56.7 Å². The molecule has 0 aliphatic carbocycles. The smallest absolute Gasteiger partial charge is 0.314 e. The lowest BCUT2D eigenvalue weighted by atomic mass is 9.99.